The highest BCUT2D eigenvalue weighted by atomic mass is 16.5. The minimum Gasteiger partial charge on any atom is -0.465 e. The summed E-state index contributed by atoms with van der Waals surface area (Å²) in [6.07, 6.45) is 1.55. The molecule has 2 aromatic rings. The maximum absolute atomic E-state index is 12.3. The molecule has 0 aliphatic carbocycles. The van der Waals surface area contributed by atoms with Crippen molar-refractivity contribution < 1.29 is 14.3 Å². The number of carbonyl (C=O) groups excluding carboxylic acids is 2. The number of Topliss-reactive ketones (excluding diaryl/α,β-unsaturated/α-hetero) is 1. The number of fused-ring (bicyclic) bond motifs is 1. The predicted molar refractivity (Wildman–Crippen MR) is 87.7 cm³/mol. The Bertz CT molecular complexity index is 637. The number of benzene rings is 2. The van der Waals surface area contributed by atoms with Crippen LogP contribution in [0.15, 0.2) is 42.5 Å². The van der Waals surface area contributed by atoms with Crippen molar-refractivity contribution in [1.82, 2.24) is 0 Å². The fourth-order valence-corrected chi connectivity index (χ4v) is 2.68. The van der Waals surface area contributed by atoms with Crippen LogP contribution < -0.4 is 0 Å². The second-order valence-corrected chi connectivity index (χ2v) is 5.36. The summed E-state index contributed by atoms with van der Waals surface area (Å²) in [5, 5.41) is 2.20. The van der Waals surface area contributed by atoms with Crippen LogP contribution in [0.5, 0.6) is 0 Å². The molecule has 3 heteroatoms. The van der Waals surface area contributed by atoms with Crippen molar-refractivity contribution in [2.75, 3.05) is 6.61 Å². The van der Waals surface area contributed by atoms with Crippen LogP contribution >= 0.6 is 0 Å². The number of ether oxygens (including phenoxy) is 1. The van der Waals surface area contributed by atoms with Gasteiger partial charge in [0.1, 0.15) is 11.7 Å². The molecule has 0 radical (unpaired) electrons. The number of esters is 1. The van der Waals surface area contributed by atoms with E-state index in [-0.39, 0.29) is 5.78 Å². The molecule has 116 valence electrons. The Kier molecular flexibility index (Phi) is 5.70. The van der Waals surface area contributed by atoms with Crippen LogP contribution in [0.2, 0.25) is 0 Å². The van der Waals surface area contributed by atoms with Crippen LogP contribution in [-0.4, -0.2) is 18.4 Å². The van der Waals surface area contributed by atoms with Gasteiger partial charge in [0.25, 0.3) is 0 Å². The summed E-state index contributed by atoms with van der Waals surface area (Å²) in [6.45, 7) is 4.00. The van der Waals surface area contributed by atoms with Gasteiger partial charge in [0.15, 0.2) is 0 Å². The topological polar surface area (TPSA) is 43.4 Å². The zero-order valence-corrected chi connectivity index (χ0v) is 13.2. The van der Waals surface area contributed by atoms with Crippen molar-refractivity contribution in [3.05, 3.63) is 48.0 Å². The number of hydrogen-bond donors (Lipinski definition) is 0. The van der Waals surface area contributed by atoms with Crippen molar-refractivity contribution in [2.45, 2.75) is 33.1 Å². The fourth-order valence-electron chi connectivity index (χ4n) is 2.68. The molecule has 3 nitrogen and oxygen atoms in total. The van der Waals surface area contributed by atoms with Gasteiger partial charge in [0.2, 0.25) is 0 Å². The molecule has 0 amide bonds. The number of rotatable bonds is 7. The average Bonchev–Trinajstić information content (AvgIpc) is 2.53. The normalized spacial score (nSPS) is 12.1. The highest BCUT2D eigenvalue weighted by molar-refractivity contribution is 6.00. The Balaban J connectivity index is 2.32. The van der Waals surface area contributed by atoms with E-state index in [9.17, 15) is 9.59 Å². The van der Waals surface area contributed by atoms with Crippen molar-refractivity contribution >= 4 is 22.5 Å². The monoisotopic (exact) mass is 298 g/mol. The van der Waals surface area contributed by atoms with Gasteiger partial charge >= 0.3 is 5.97 Å². The van der Waals surface area contributed by atoms with Gasteiger partial charge in [-0.15, -0.1) is 0 Å². The van der Waals surface area contributed by atoms with Crippen molar-refractivity contribution in [1.29, 1.82) is 0 Å². The van der Waals surface area contributed by atoms with Crippen molar-refractivity contribution in [3.8, 4) is 0 Å². The summed E-state index contributed by atoms with van der Waals surface area (Å²) >= 11 is 0. The van der Waals surface area contributed by atoms with Gasteiger partial charge < -0.3 is 4.74 Å². The van der Waals surface area contributed by atoms with E-state index in [2.05, 4.69) is 0 Å². The van der Waals surface area contributed by atoms with Gasteiger partial charge in [-0.05, 0) is 36.1 Å². The van der Waals surface area contributed by atoms with Crippen molar-refractivity contribution in [2.24, 2.45) is 5.92 Å². The molecule has 0 aromatic heterocycles. The van der Waals surface area contributed by atoms with Gasteiger partial charge in [-0.25, -0.2) is 0 Å². The lowest BCUT2D eigenvalue weighted by molar-refractivity contribution is -0.151. The smallest absolute Gasteiger partial charge is 0.316 e. The van der Waals surface area contributed by atoms with Gasteiger partial charge in [-0.3, -0.25) is 9.59 Å². The maximum atomic E-state index is 12.3. The number of carbonyl (C=O) groups is 2. The summed E-state index contributed by atoms with van der Waals surface area (Å²) in [4.78, 5) is 24.5. The molecule has 0 saturated carbocycles. The molecule has 1 atom stereocenters. The van der Waals surface area contributed by atoms with Crippen LogP contribution in [0.25, 0.3) is 10.8 Å². The first kappa shape index (κ1) is 16.2. The minimum atomic E-state index is -0.703. The molecule has 0 N–H and O–H groups in total. The average molecular weight is 298 g/mol. The van der Waals surface area contributed by atoms with E-state index < -0.39 is 11.9 Å². The van der Waals surface area contributed by atoms with E-state index in [1.165, 1.54) is 0 Å². The standard InChI is InChI=1S/C19H22O3/c1-3-8-18(20)17(19(21)22-4-2)13-15-11-7-10-14-9-5-6-12-16(14)15/h5-7,9-12,17H,3-4,8,13H2,1-2H3. The molecular weight excluding hydrogens is 276 g/mol. The minimum absolute atomic E-state index is 0.0334. The predicted octanol–water partition coefficient (Wildman–Crippen LogP) is 3.93. The van der Waals surface area contributed by atoms with Crippen LogP contribution in [0.3, 0.4) is 0 Å². The lowest BCUT2D eigenvalue weighted by atomic mass is 9.90. The van der Waals surface area contributed by atoms with Crippen molar-refractivity contribution in [3.63, 3.8) is 0 Å². The quantitative estimate of drug-likeness (QED) is 0.574. The van der Waals surface area contributed by atoms with Crippen LogP contribution in [0, 0.1) is 5.92 Å². The van der Waals surface area contributed by atoms with E-state index in [0.29, 0.717) is 19.4 Å². The lowest BCUT2D eigenvalue weighted by Gasteiger charge is -2.15. The maximum Gasteiger partial charge on any atom is 0.316 e. The van der Waals surface area contributed by atoms with Gasteiger partial charge in [0, 0.05) is 6.42 Å². The highest BCUT2D eigenvalue weighted by Crippen LogP contribution is 2.23. The fraction of sp³-hybridized carbons (Fsp3) is 0.368. The van der Waals surface area contributed by atoms with E-state index in [1.807, 2.05) is 49.4 Å². The Labute approximate surface area is 131 Å². The molecule has 2 rings (SSSR count). The molecular formula is C19H22O3. The second kappa shape index (κ2) is 7.74. The third-order valence-corrected chi connectivity index (χ3v) is 3.76. The summed E-state index contributed by atoms with van der Waals surface area (Å²) in [5.74, 6) is -1.14. The molecule has 0 saturated heterocycles. The molecule has 0 aliphatic rings. The second-order valence-electron chi connectivity index (χ2n) is 5.36. The number of hydrogen-bond acceptors (Lipinski definition) is 3. The first-order valence-corrected chi connectivity index (χ1v) is 7.83. The van der Waals surface area contributed by atoms with Crippen LogP contribution in [-0.2, 0) is 20.7 Å². The number of ketones is 1. The summed E-state index contributed by atoms with van der Waals surface area (Å²) in [5.41, 5.74) is 1.01. The van der Waals surface area contributed by atoms with Gasteiger partial charge in [-0.2, -0.15) is 0 Å². The first-order valence-electron chi connectivity index (χ1n) is 7.83. The van der Waals surface area contributed by atoms with Gasteiger partial charge in [-0.1, -0.05) is 49.4 Å². The lowest BCUT2D eigenvalue weighted by Crippen LogP contribution is -2.28. The molecule has 0 fully saturated rings. The largest absolute Gasteiger partial charge is 0.465 e. The molecule has 22 heavy (non-hydrogen) atoms. The summed E-state index contributed by atoms with van der Waals surface area (Å²) < 4.78 is 5.10. The Morgan fingerprint density at radius 3 is 2.50 bits per heavy atom. The van der Waals surface area contributed by atoms with Crippen LogP contribution in [0.4, 0.5) is 0 Å². The van der Waals surface area contributed by atoms with Crippen LogP contribution in [0.1, 0.15) is 32.3 Å². The van der Waals surface area contributed by atoms with Gasteiger partial charge in [0.05, 0.1) is 6.61 Å². The Hall–Kier alpha value is -2.16. The van der Waals surface area contributed by atoms with E-state index in [0.717, 1.165) is 22.8 Å². The van der Waals surface area contributed by atoms with E-state index >= 15 is 0 Å². The first-order chi connectivity index (χ1) is 10.7. The Morgan fingerprint density at radius 2 is 1.77 bits per heavy atom. The van der Waals surface area contributed by atoms with E-state index in [4.69, 9.17) is 4.74 Å². The molecule has 0 heterocycles. The van der Waals surface area contributed by atoms with E-state index in [1.54, 1.807) is 6.92 Å². The zero-order valence-electron chi connectivity index (χ0n) is 13.2. The molecule has 0 bridgehead atoms. The molecule has 0 aliphatic heterocycles. The third kappa shape index (κ3) is 3.73. The third-order valence-electron chi connectivity index (χ3n) is 3.76. The molecule has 0 spiro atoms. The molecule has 2 aromatic carbocycles. The summed E-state index contributed by atoms with van der Waals surface area (Å²) in [6, 6.07) is 14.0. The SMILES string of the molecule is CCCC(=O)C(Cc1cccc2ccccc12)C(=O)OCC. The summed E-state index contributed by atoms with van der Waals surface area (Å²) in [7, 11) is 0. The highest BCUT2D eigenvalue weighted by Gasteiger charge is 2.27. The Morgan fingerprint density at radius 1 is 1.05 bits per heavy atom. The molecule has 1 unspecified atom stereocenters. The zero-order chi connectivity index (χ0) is 15.9.